The second-order valence-electron chi connectivity index (χ2n) is 3.33. The molecule has 3 unspecified atom stereocenters. The average molecular weight is 241 g/mol. The van der Waals surface area contributed by atoms with Crippen molar-refractivity contribution in [2.45, 2.75) is 36.5 Å². The largest absolute Gasteiger partial charge is 0.351 e. The molecular formula is C8H10Cl2O4. The van der Waals surface area contributed by atoms with Crippen LogP contribution in [0.4, 0.5) is 0 Å². The van der Waals surface area contributed by atoms with Gasteiger partial charge in [0.2, 0.25) is 4.87 Å². The zero-order chi connectivity index (χ0) is 11.1. The van der Waals surface area contributed by atoms with Crippen LogP contribution in [0.15, 0.2) is 0 Å². The van der Waals surface area contributed by atoms with Crippen LogP contribution in [0.1, 0.15) is 20.3 Å². The predicted molar refractivity (Wildman–Crippen MR) is 50.2 cm³/mol. The van der Waals surface area contributed by atoms with Crippen molar-refractivity contribution >= 4 is 34.8 Å². The Kier molecular flexibility index (Phi) is 2.94. The van der Waals surface area contributed by atoms with Crippen molar-refractivity contribution in [2.75, 3.05) is 0 Å². The molecule has 0 aromatic heterocycles. The van der Waals surface area contributed by atoms with E-state index < -0.39 is 27.8 Å². The minimum atomic E-state index is -2.46. The van der Waals surface area contributed by atoms with E-state index in [1.165, 1.54) is 0 Å². The highest BCUT2D eigenvalue weighted by molar-refractivity contribution is 6.51. The fraction of sp³-hybridized carbons (Fsp3) is 0.750. The standard InChI is InChI=1S/C8H10Cl2O4/c1-4-3-6(12)7(9,5(2)11)8(10,13)14-4/h4,13H,3H2,1-2H3. The van der Waals surface area contributed by atoms with Crippen LogP contribution in [0.5, 0.6) is 0 Å². The van der Waals surface area contributed by atoms with Crippen molar-refractivity contribution in [2.24, 2.45) is 0 Å². The SMILES string of the molecule is CC(=O)C1(Cl)C(=O)CC(C)OC1(O)Cl. The first-order valence-electron chi connectivity index (χ1n) is 4.04. The lowest BCUT2D eigenvalue weighted by Gasteiger charge is -2.40. The van der Waals surface area contributed by atoms with Crippen molar-refractivity contribution in [1.82, 2.24) is 0 Å². The molecule has 1 fully saturated rings. The minimum absolute atomic E-state index is 0.0435. The van der Waals surface area contributed by atoms with Gasteiger partial charge in [0.05, 0.1) is 6.10 Å². The summed E-state index contributed by atoms with van der Waals surface area (Å²) in [5, 5.41) is 7.11. The van der Waals surface area contributed by atoms with Crippen molar-refractivity contribution in [3.8, 4) is 0 Å². The van der Waals surface area contributed by atoms with Crippen LogP contribution in [0.2, 0.25) is 0 Å². The van der Waals surface area contributed by atoms with Crippen molar-refractivity contribution in [3.05, 3.63) is 0 Å². The first-order chi connectivity index (χ1) is 6.22. The Morgan fingerprint density at radius 2 is 2.14 bits per heavy atom. The molecule has 1 saturated heterocycles. The van der Waals surface area contributed by atoms with Crippen LogP contribution in [0, 0.1) is 0 Å². The molecule has 1 aliphatic heterocycles. The quantitative estimate of drug-likeness (QED) is 0.545. The Morgan fingerprint density at radius 1 is 1.64 bits per heavy atom. The third kappa shape index (κ3) is 1.56. The zero-order valence-corrected chi connectivity index (χ0v) is 9.22. The molecule has 0 amide bonds. The van der Waals surface area contributed by atoms with E-state index in [4.69, 9.17) is 27.9 Å². The number of carbonyl (C=O) groups is 2. The van der Waals surface area contributed by atoms with Gasteiger partial charge in [-0.05, 0) is 13.8 Å². The Balaban J connectivity index is 3.14. The third-order valence-corrected chi connectivity index (χ3v) is 3.33. The van der Waals surface area contributed by atoms with Crippen molar-refractivity contribution in [1.29, 1.82) is 0 Å². The summed E-state index contributed by atoms with van der Waals surface area (Å²) in [4.78, 5) is 20.5. The van der Waals surface area contributed by atoms with Gasteiger partial charge in [-0.3, -0.25) is 9.59 Å². The summed E-state index contributed by atoms with van der Waals surface area (Å²) in [6.45, 7) is 2.64. The Bertz CT molecular complexity index is 289. The molecule has 80 valence electrons. The molecule has 1 aliphatic rings. The number of alkyl halides is 2. The van der Waals surface area contributed by atoms with Crippen molar-refractivity contribution < 1.29 is 19.4 Å². The lowest BCUT2D eigenvalue weighted by Crippen LogP contribution is -2.62. The molecular weight excluding hydrogens is 231 g/mol. The monoisotopic (exact) mass is 240 g/mol. The lowest BCUT2D eigenvalue weighted by atomic mass is 9.91. The van der Waals surface area contributed by atoms with Gasteiger partial charge in [-0.2, -0.15) is 0 Å². The topological polar surface area (TPSA) is 63.6 Å². The molecule has 1 N–H and O–H groups in total. The number of ketones is 2. The third-order valence-electron chi connectivity index (χ3n) is 2.12. The normalized spacial score (nSPS) is 43.8. The number of hydrogen-bond donors (Lipinski definition) is 1. The van der Waals surface area contributed by atoms with E-state index in [1.807, 2.05) is 0 Å². The van der Waals surface area contributed by atoms with Gasteiger partial charge in [-0.15, -0.1) is 0 Å². The maximum atomic E-state index is 11.5. The van der Waals surface area contributed by atoms with Crippen LogP contribution >= 0.6 is 23.2 Å². The van der Waals surface area contributed by atoms with Gasteiger partial charge in [0.25, 0.3) is 5.25 Å². The summed E-state index contributed by atoms with van der Waals surface area (Å²) < 4.78 is 4.87. The average Bonchev–Trinajstić information content (AvgIpc) is 1.98. The molecule has 3 atom stereocenters. The first-order valence-corrected chi connectivity index (χ1v) is 4.79. The van der Waals surface area contributed by atoms with Gasteiger partial charge >= 0.3 is 0 Å². The second-order valence-corrected chi connectivity index (χ2v) is 4.41. The van der Waals surface area contributed by atoms with Gasteiger partial charge in [0, 0.05) is 6.42 Å². The summed E-state index contributed by atoms with van der Waals surface area (Å²) in [5.74, 6) is -1.35. The molecule has 4 nitrogen and oxygen atoms in total. The molecule has 1 rings (SSSR count). The minimum Gasteiger partial charge on any atom is -0.351 e. The van der Waals surface area contributed by atoms with Crippen LogP contribution in [0.25, 0.3) is 0 Å². The highest BCUT2D eigenvalue weighted by Gasteiger charge is 2.62. The summed E-state index contributed by atoms with van der Waals surface area (Å²) >= 11 is 11.2. The van der Waals surface area contributed by atoms with Gasteiger partial charge in [0.1, 0.15) is 0 Å². The molecule has 0 spiro atoms. The van der Waals surface area contributed by atoms with E-state index in [2.05, 4.69) is 0 Å². The molecule has 0 saturated carbocycles. The Hall–Kier alpha value is -0.160. The van der Waals surface area contributed by atoms with Crippen LogP contribution in [0.3, 0.4) is 0 Å². The van der Waals surface area contributed by atoms with Crippen molar-refractivity contribution in [3.63, 3.8) is 0 Å². The second kappa shape index (κ2) is 3.45. The number of Topliss-reactive ketones (excluding diaryl/α,β-unsaturated/α-hetero) is 2. The molecule has 6 heteroatoms. The maximum absolute atomic E-state index is 11.5. The number of aliphatic hydroxyl groups is 1. The zero-order valence-electron chi connectivity index (χ0n) is 7.71. The van der Waals surface area contributed by atoms with Gasteiger partial charge in [-0.25, -0.2) is 0 Å². The Labute approximate surface area is 91.1 Å². The van der Waals surface area contributed by atoms with E-state index >= 15 is 0 Å². The van der Waals surface area contributed by atoms with Crippen LogP contribution in [-0.4, -0.2) is 32.9 Å². The summed E-state index contributed by atoms with van der Waals surface area (Å²) in [6, 6.07) is 0. The smallest absolute Gasteiger partial charge is 0.280 e. The Morgan fingerprint density at radius 3 is 2.50 bits per heavy atom. The fourth-order valence-corrected chi connectivity index (χ4v) is 1.89. The number of ether oxygens (including phenoxy) is 1. The number of rotatable bonds is 1. The number of hydrogen-bond acceptors (Lipinski definition) is 4. The lowest BCUT2D eigenvalue weighted by molar-refractivity contribution is -0.208. The fourth-order valence-electron chi connectivity index (χ4n) is 1.38. The first kappa shape index (κ1) is 11.9. The number of halogens is 2. The molecule has 0 bridgehead atoms. The predicted octanol–water partition coefficient (Wildman–Crippen LogP) is 0.816. The molecule has 0 aromatic rings. The van der Waals surface area contributed by atoms with E-state index in [1.54, 1.807) is 6.92 Å². The molecule has 14 heavy (non-hydrogen) atoms. The van der Waals surface area contributed by atoms with Gasteiger partial charge in [0.15, 0.2) is 11.6 Å². The molecule has 0 aliphatic carbocycles. The molecule has 0 aromatic carbocycles. The van der Waals surface area contributed by atoms with E-state index in [0.29, 0.717) is 0 Å². The highest BCUT2D eigenvalue weighted by Crippen LogP contribution is 2.42. The molecule has 0 radical (unpaired) electrons. The van der Waals surface area contributed by atoms with E-state index in [-0.39, 0.29) is 6.42 Å². The summed E-state index contributed by atoms with van der Waals surface area (Å²) in [7, 11) is 0. The van der Waals surface area contributed by atoms with Gasteiger partial charge in [-0.1, -0.05) is 23.2 Å². The van der Waals surface area contributed by atoms with E-state index in [0.717, 1.165) is 6.92 Å². The maximum Gasteiger partial charge on any atom is 0.280 e. The molecule has 1 heterocycles. The summed E-state index contributed by atoms with van der Waals surface area (Å²) in [5.41, 5.74) is 0. The highest BCUT2D eigenvalue weighted by atomic mass is 35.5. The van der Waals surface area contributed by atoms with E-state index in [9.17, 15) is 14.7 Å². The summed E-state index contributed by atoms with van der Waals surface area (Å²) in [6.07, 6.45) is -0.603. The number of carbonyl (C=O) groups excluding carboxylic acids is 2. The van der Waals surface area contributed by atoms with Crippen LogP contribution < -0.4 is 0 Å². The van der Waals surface area contributed by atoms with Crippen LogP contribution in [-0.2, 0) is 14.3 Å². The van der Waals surface area contributed by atoms with Gasteiger partial charge < -0.3 is 9.84 Å².